The number of imidazole rings is 1. The number of morpholine rings is 1. The Labute approximate surface area is 110 Å². The van der Waals surface area contributed by atoms with Crippen LogP contribution >= 0.6 is 11.6 Å². The molecular formula is C12H15ClN4O. The van der Waals surface area contributed by atoms with Crippen molar-refractivity contribution in [1.29, 1.82) is 0 Å². The average molecular weight is 267 g/mol. The van der Waals surface area contributed by atoms with Crippen molar-refractivity contribution in [1.82, 2.24) is 14.4 Å². The van der Waals surface area contributed by atoms with Crippen molar-refractivity contribution in [3.05, 3.63) is 22.7 Å². The van der Waals surface area contributed by atoms with Crippen LogP contribution in [0.4, 0.5) is 5.82 Å². The van der Waals surface area contributed by atoms with Gasteiger partial charge in [0.2, 0.25) is 0 Å². The van der Waals surface area contributed by atoms with Gasteiger partial charge in [-0.25, -0.2) is 9.97 Å². The van der Waals surface area contributed by atoms with Gasteiger partial charge in [0.15, 0.2) is 11.5 Å². The number of ether oxygens (including phenoxy) is 1. The smallest absolute Gasteiger partial charge is 0.180 e. The number of halogens is 1. The number of fused-ring (bicyclic) bond motifs is 1. The molecule has 6 heteroatoms. The molecule has 96 valence electrons. The van der Waals surface area contributed by atoms with E-state index < -0.39 is 0 Å². The molecule has 3 rings (SSSR count). The van der Waals surface area contributed by atoms with E-state index in [-0.39, 0.29) is 0 Å². The van der Waals surface area contributed by atoms with E-state index in [1.165, 1.54) is 0 Å². The Balaban J connectivity index is 2.17. The molecule has 1 aliphatic rings. The third-order valence-corrected chi connectivity index (χ3v) is 3.53. The molecular weight excluding hydrogens is 252 g/mol. The number of rotatable bonds is 1. The Hall–Kier alpha value is -1.33. The number of anilines is 1. The highest BCUT2D eigenvalue weighted by Gasteiger charge is 2.19. The third kappa shape index (κ3) is 1.83. The van der Waals surface area contributed by atoms with E-state index in [1.54, 1.807) is 0 Å². The van der Waals surface area contributed by atoms with Gasteiger partial charge in [-0.15, -0.1) is 0 Å². The van der Waals surface area contributed by atoms with E-state index in [1.807, 2.05) is 24.4 Å². The van der Waals surface area contributed by atoms with Gasteiger partial charge >= 0.3 is 0 Å². The lowest BCUT2D eigenvalue weighted by Gasteiger charge is -2.28. The summed E-state index contributed by atoms with van der Waals surface area (Å²) in [6.07, 6.45) is 1.82. The second-order valence-electron chi connectivity index (χ2n) is 4.46. The molecule has 1 saturated heterocycles. The highest BCUT2D eigenvalue weighted by atomic mass is 35.5. The highest BCUT2D eigenvalue weighted by Crippen LogP contribution is 2.24. The molecule has 0 bridgehead atoms. The van der Waals surface area contributed by atoms with Crippen LogP contribution in [0.25, 0.3) is 5.65 Å². The molecule has 0 radical (unpaired) electrons. The summed E-state index contributed by atoms with van der Waals surface area (Å²) < 4.78 is 7.37. The lowest BCUT2D eigenvalue weighted by Crippen LogP contribution is -2.37. The summed E-state index contributed by atoms with van der Waals surface area (Å²) in [5, 5.41) is 0.490. The summed E-state index contributed by atoms with van der Waals surface area (Å²) in [4.78, 5) is 11.2. The van der Waals surface area contributed by atoms with Crippen molar-refractivity contribution in [3.8, 4) is 0 Å². The summed E-state index contributed by atoms with van der Waals surface area (Å²) in [5.74, 6) is 0.849. The average Bonchev–Trinajstić information content (AvgIpc) is 2.66. The first-order valence-corrected chi connectivity index (χ1v) is 6.39. The minimum absolute atomic E-state index is 0.490. The van der Waals surface area contributed by atoms with Gasteiger partial charge in [-0.05, 0) is 13.8 Å². The van der Waals surface area contributed by atoms with Crippen molar-refractivity contribution in [2.45, 2.75) is 13.8 Å². The summed E-state index contributed by atoms with van der Waals surface area (Å²) in [6.45, 7) is 7.13. The lowest BCUT2D eigenvalue weighted by molar-refractivity contribution is 0.122. The van der Waals surface area contributed by atoms with Crippen LogP contribution < -0.4 is 4.90 Å². The SMILES string of the molecule is Cc1nc2c(N3CCOCC3)nc(Cl)cn2c1C. The number of aryl methyl sites for hydroxylation is 2. The van der Waals surface area contributed by atoms with Crippen molar-refractivity contribution in [3.63, 3.8) is 0 Å². The normalized spacial score (nSPS) is 16.5. The summed E-state index contributed by atoms with van der Waals surface area (Å²) in [7, 11) is 0. The van der Waals surface area contributed by atoms with Crippen LogP contribution in [0.3, 0.4) is 0 Å². The van der Waals surface area contributed by atoms with Crippen molar-refractivity contribution >= 4 is 23.1 Å². The zero-order valence-corrected chi connectivity index (χ0v) is 11.2. The largest absolute Gasteiger partial charge is 0.378 e. The van der Waals surface area contributed by atoms with Gasteiger partial charge in [0.1, 0.15) is 5.15 Å². The number of hydrogen-bond donors (Lipinski definition) is 0. The first-order chi connectivity index (χ1) is 8.66. The van der Waals surface area contributed by atoms with E-state index in [2.05, 4.69) is 14.9 Å². The molecule has 5 nitrogen and oxygen atoms in total. The Morgan fingerprint density at radius 3 is 2.67 bits per heavy atom. The molecule has 3 heterocycles. The molecule has 1 aliphatic heterocycles. The van der Waals surface area contributed by atoms with Crippen LogP contribution in [-0.2, 0) is 4.74 Å². The van der Waals surface area contributed by atoms with Crippen LogP contribution in [-0.4, -0.2) is 40.7 Å². The zero-order valence-electron chi connectivity index (χ0n) is 10.5. The van der Waals surface area contributed by atoms with Crippen LogP contribution in [0.15, 0.2) is 6.20 Å². The molecule has 0 atom stereocenters. The van der Waals surface area contributed by atoms with Crippen molar-refractivity contribution < 1.29 is 4.74 Å². The number of hydrogen-bond acceptors (Lipinski definition) is 4. The topological polar surface area (TPSA) is 42.7 Å². The monoisotopic (exact) mass is 266 g/mol. The minimum atomic E-state index is 0.490. The minimum Gasteiger partial charge on any atom is -0.378 e. The zero-order chi connectivity index (χ0) is 12.7. The van der Waals surface area contributed by atoms with E-state index in [4.69, 9.17) is 16.3 Å². The predicted molar refractivity (Wildman–Crippen MR) is 70.5 cm³/mol. The first-order valence-electron chi connectivity index (χ1n) is 6.01. The Morgan fingerprint density at radius 1 is 1.22 bits per heavy atom. The van der Waals surface area contributed by atoms with Gasteiger partial charge in [0.25, 0.3) is 0 Å². The second-order valence-corrected chi connectivity index (χ2v) is 4.85. The predicted octanol–water partition coefficient (Wildman–Crippen LogP) is 1.84. The summed E-state index contributed by atoms with van der Waals surface area (Å²) in [5.41, 5.74) is 2.98. The fourth-order valence-corrected chi connectivity index (χ4v) is 2.39. The van der Waals surface area contributed by atoms with Crippen LogP contribution in [0, 0.1) is 13.8 Å². The van der Waals surface area contributed by atoms with Crippen LogP contribution in [0.5, 0.6) is 0 Å². The molecule has 2 aromatic heterocycles. The summed E-state index contributed by atoms with van der Waals surface area (Å²) >= 11 is 6.11. The van der Waals surface area contributed by atoms with Gasteiger partial charge in [0.05, 0.1) is 18.9 Å². The molecule has 2 aromatic rings. The Bertz CT molecular complexity index is 589. The third-order valence-electron chi connectivity index (χ3n) is 3.35. The maximum Gasteiger partial charge on any atom is 0.180 e. The maximum absolute atomic E-state index is 6.11. The molecule has 18 heavy (non-hydrogen) atoms. The molecule has 0 aliphatic carbocycles. The van der Waals surface area contributed by atoms with Gasteiger partial charge in [-0.1, -0.05) is 11.6 Å². The molecule has 0 N–H and O–H groups in total. The number of aromatic nitrogens is 3. The van der Waals surface area contributed by atoms with Crippen LogP contribution in [0.2, 0.25) is 5.15 Å². The molecule has 0 amide bonds. The highest BCUT2D eigenvalue weighted by molar-refractivity contribution is 6.29. The van der Waals surface area contributed by atoms with Crippen molar-refractivity contribution in [2.24, 2.45) is 0 Å². The molecule has 1 fully saturated rings. The van der Waals surface area contributed by atoms with Crippen LogP contribution in [0.1, 0.15) is 11.4 Å². The quantitative estimate of drug-likeness (QED) is 0.790. The second kappa shape index (κ2) is 4.40. The van der Waals surface area contributed by atoms with E-state index >= 15 is 0 Å². The van der Waals surface area contributed by atoms with E-state index in [9.17, 15) is 0 Å². The Morgan fingerprint density at radius 2 is 1.94 bits per heavy atom. The van der Waals surface area contributed by atoms with Gasteiger partial charge in [-0.3, -0.25) is 4.40 Å². The molecule has 0 saturated carbocycles. The molecule has 0 unspecified atom stereocenters. The first kappa shape index (κ1) is 11.7. The van der Waals surface area contributed by atoms with E-state index in [0.717, 1.165) is 49.2 Å². The number of nitrogens with zero attached hydrogens (tertiary/aromatic N) is 4. The van der Waals surface area contributed by atoms with Gasteiger partial charge < -0.3 is 9.64 Å². The van der Waals surface area contributed by atoms with Gasteiger partial charge in [-0.2, -0.15) is 0 Å². The standard InChI is InChI=1S/C12H15ClN4O/c1-8-9(2)17-7-10(13)15-11(12(17)14-8)16-3-5-18-6-4-16/h7H,3-6H2,1-2H3. The summed E-state index contributed by atoms with van der Waals surface area (Å²) in [6, 6.07) is 0. The van der Waals surface area contributed by atoms with Gasteiger partial charge in [0, 0.05) is 25.0 Å². The fourth-order valence-electron chi connectivity index (χ4n) is 2.22. The maximum atomic E-state index is 6.11. The van der Waals surface area contributed by atoms with E-state index in [0.29, 0.717) is 5.15 Å². The van der Waals surface area contributed by atoms with Crippen molar-refractivity contribution in [2.75, 3.05) is 31.2 Å². The lowest BCUT2D eigenvalue weighted by atomic mass is 10.4. The molecule has 0 aromatic carbocycles. The molecule has 0 spiro atoms. The fraction of sp³-hybridized carbons (Fsp3) is 0.500. The Kier molecular flexibility index (Phi) is 2.87.